The molecule has 0 bridgehead atoms. The molecule has 2 aromatic rings. The molecule has 0 aromatic heterocycles. The lowest BCUT2D eigenvalue weighted by Crippen LogP contribution is -2.17. The van der Waals surface area contributed by atoms with Crippen LogP contribution in [0.3, 0.4) is 0 Å². The van der Waals surface area contributed by atoms with Crippen LogP contribution >= 0.6 is 0 Å². The zero-order valence-corrected chi connectivity index (χ0v) is 12.2. The van der Waals surface area contributed by atoms with E-state index in [0.717, 1.165) is 11.5 Å². The van der Waals surface area contributed by atoms with Crippen LogP contribution in [0.5, 0.6) is 0 Å². The van der Waals surface area contributed by atoms with Gasteiger partial charge >= 0.3 is 0 Å². The summed E-state index contributed by atoms with van der Waals surface area (Å²) in [5.74, 6) is 0.757. The van der Waals surface area contributed by atoms with Crippen molar-refractivity contribution in [3.8, 4) is 11.1 Å². The third-order valence-corrected chi connectivity index (χ3v) is 3.45. The minimum atomic E-state index is -0.130. The van der Waals surface area contributed by atoms with E-state index in [1.54, 1.807) is 0 Å². The molecule has 1 aliphatic heterocycles. The lowest BCUT2D eigenvalue weighted by molar-refractivity contribution is 0.279. The van der Waals surface area contributed by atoms with Gasteiger partial charge in [0.1, 0.15) is 6.61 Å². The summed E-state index contributed by atoms with van der Waals surface area (Å²) < 4.78 is 5.80. The number of rotatable bonds is 2. The van der Waals surface area contributed by atoms with Gasteiger partial charge in [0.2, 0.25) is 5.90 Å². The molecule has 0 aliphatic carbocycles. The van der Waals surface area contributed by atoms with Crippen molar-refractivity contribution in [2.75, 3.05) is 6.61 Å². The zero-order chi connectivity index (χ0) is 14.2. The fourth-order valence-electron chi connectivity index (χ4n) is 2.46. The number of ether oxygens (including phenoxy) is 1. The highest BCUT2D eigenvalue weighted by molar-refractivity contribution is 6.01. The van der Waals surface area contributed by atoms with Crippen LogP contribution in [0.2, 0.25) is 0 Å². The Kier molecular flexibility index (Phi) is 3.09. The van der Waals surface area contributed by atoms with Gasteiger partial charge in [-0.15, -0.1) is 0 Å². The van der Waals surface area contributed by atoms with Crippen LogP contribution in [0, 0.1) is 6.92 Å². The summed E-state index contributed by atoms with van der Waals surface area (Å²) >= 11 is 0. The summed E-state index contributed by atoms with van der Waals surface area (Å²) in [4.78, 5) is 4.69. The molecule has 2 aromatic carbocycles. The lowest BCUT2D eigenvalue weighted by atomic mass is 9.98. The van der Waals surface area contributed by atoms with E-state index in [0.29, 0.717) is 6.61 Å². The monoisotopic (exact) mass is 265 g/mol. The van der Waals surface area contributed by atoms with Gasteiger partial charge in [0.05, 0.1) is 5.54 Å². The van der Waals surface area contributed by atoms with Crippen LogP contribution in [0.25, 0.3) is 11.1 Å². The van der Waals surface area contributed by atoms with Crippen LogP contribution in [0.15, 0.2) is 53.5 Å². The predicted octanol–water partition coefficient (Wildman–Crippen LogP) is 4.22. The first-order chi connectivity index (χ1) is 9.55. The first kappa shape index (κ1) is 12.9. The maximum Gasteiger partial charge on any atom is 0.217 e. The topological polar surface area (TPSA) is 21.6 Å². The van der Waals surface area contributed by atoms with Gasteiger partial charge < -0.3 is 4.74 Å². The van der Waals surface area contributed by atoms with E-state index >= 15 is 0 Å². The zero-order valence-electron chi connectivity index (χ0n) is 12.2. The Morgan fingerprint density at radius 3 is 2.40 bits per heavy atom. The normalized spacial score (nSPS) is 16.6. The quantitative estimate of drug-likeness (QED) is 0.796. The van der Waals surface area contributed by atoms with E-state index in [1.165, 1.54) is 16.7 Å². The second kappa shape index (κ2) is 4.78. The number of nitrogens with zero attached hydrogens (tertiary/aromatic N) is 1. The number of aliphatic imine (C=N–C) groups is 1. The highest BCUT2D eigenvalue weighted by atomic mass is 16.5. The summed E-state index contributed by atoms with van der Waals surface area (Å²) in [7, 11) is 0. The molecule has 0 unspecified atom stereocenters. The van der Waals surface area contributed by atoms with Crippen molar-refractivity contribution in [3.05, 3.63) is 59.7 Å². The van der Waals surface area contributed by atoms with Crippen LogP contribution in [-0.4, -0.2) is 18.0 Å². The van der Waals surface area contributed by atoms with E-state index in [1.807, 2.05) is 6.07 Å². The van der Waals surface area contributed by atoms with Gasteiger partial charge in [0.25, 0.3) is 0 Å². The van der Waals surface area contributed by atoms with Gasteiger partial charge in [-0.25, -0.2) is 4.99 Å². The third-order valence-electron chi connectivity index (χ3n) is 3.45. The largest absolute Gasteiger partial charge is 0.475 e. The number of hydrogen-bond acceptors (Lipinski definition) is 2. The Morgan fingerprint density at radius 2 is 1.75 bits per heavy atom. The van der Waals surface area contributed by atoms with E-state index in [4.69, 9.17) is 9.73 Å². The van der Waals surface area contributed by atoms with Crippen molar-refractivity contribution in [2.24, 2.45) is 4.99 Å². The molecule has 2 nitrogen and oxygen atoms in total. The fraction of sp³-hybridized carbons (Fsp3) is 0.278. The van der Waals surface area contributed by atoms with Crippen molar-refractivity contribution in [2.45, 2.75) is 26.3 Å². The van der Waals surface area contributed by atoms with Gasteiger partial charge in [-0.3, -0.25) is 0 Å². The summed E-state index contributed by atoms with van der Waals surface area (Å²) in [6, 6.07) is 16.8. The predicted molar refractivity (Wildman–Crippen MR) is 83.2 cm³/mol. The van der Waals surface area contributed by atoms with E-state index in [2.05, 4.69) is 63.2 Å². The molecule has 0 saturated carbocycles. The summed E-state index contributed by atoms with van der Waals surface area (Å²) in [5, 5.41) is 0. The highest BCUT2D eigenvalue weighted by Gasteiger charge is 2.28. The number of aryl methyl sites for hydroxylation is 1. The van der Waals surface area contributed by atoms with E-state index in [9.17, 15) is 0 Å². The van der Waals surface area contributed by atoms with E-state index < -0.39 is 0 Å². The van der Waals surface area contributed by atoms with Gasteiger partial charge in [0.15, 0.2) is 0 Å². The minimum absolute atomic E-state index is 0.130. The highest BCUT2D eigenvalue weighted by Crippen LogP contribution is 2.28. The molecule has 1 heterocycles. The standard InChI is InChI=1S/C18H19NO/c1-13-7-6-8-14(11-13)15-9-4-5-10-16(15)17-19-18(2,3)12-20-17/h4-11H,12H2,1-3H3. The van der Waals surface area contributed by atoms with E-state index in [-0.39, 0.29) is 5.54 Å². The summed E-state index contributed by atoms with van der Waals surface area (Å²) in [6.07, 6.45) is 0. The van der Waals surface area contributed by atoms with Crippen LogP contribution in [0.1, 0.15) is 25.0 Å². The lowest BCUT2D eigenvalue weighted by Gasteiger charge is -2.10. The van der Waals surface area contributed by atoms with Gasteiger partial charge in [0, 0.05) is 5.56 Å². The van der Waals surface area contributed by atoms with Gasteiger partial charge in [-0.2, -0.15) is 0 Å². The van der Waals surface area contributed by atoms with Gasteiger partial charge in [-0.05, 0) is 38.0 Å². The molecule has 0 spiro atoms. The SMILES string of the molecule is Cc1cccc(-c2ccccc2C2=NC(C)(C)CO2)c1. The minimum Gasteiger partial charge on any atom is -0.475 e. The summed E-state index contributed by atoms with van der Waals surface area (Å²) in [5.41, 5.74) is 4.58. The fourth-order valence-corrected chi connectivity index (χ4v) is 2.46. The molecule has 0 fully saturated rings. The molecule has 2 heteroatoms. The Balaban J connectivity index is 2.10. The molecule has 3 rings (SSSR count). The van der Waals surface area contributed by atoms with Gasteiger partial charge in [-0.1, -0.05) is 48.0 Å². The smallest absolute Gasteiger partial charge is 0.217 e. The number of hydrogen-bond donors (Lipinski definition) is 0. The van der Waals surface area contributed by atoms with Crippen LogP contribution < -0.4 is 0 Å². The molecule has 0 amide bonds. The Morgan fingerprint density at radius 1 is 1.00 bits per heavy atom. The molecule has 0 saturated heterocycles. The second-order valence-corrected chi connectivity index (χ2v) is 5.93. The third kappa shape index (κ3) is 2.46. The molecular weight excluding hydrogens is 246 g/mol. The van der Waals surface area contributed by atoms with Crippen molar-refractivity contribution in [3.63, 3.8) is 0 Å². The molecule has 0 radical (unpaired) electrons. The summed E-state index contributed by atoms with van der Waals surface area (Å²) in [6.45, 7) is 6.94. The van der Waals surface area contributed by atoms with Crippen molar-refractivity contribution in [1.82, 2.24) is 0 Å². The Labute approximate surface area is 120 Å². The van der Waals surface area contributed by atoms with Crippen molar-refractivity contribution >= 4 is 5.90 Å². The molecule has 1 aliphatic rings. The maximum atomic E-state index is 5.80. The second-order valence-electron chi connectivity index (χ2n) is 5.93. The first-order valence-electron chi connectivity index (χ1n) is 6.94. The van der Waals surface area contributed by atoms with Crippen LogP contribution in [-0.2, 0) is 4.74 Å². The average Bonchev–Trinajstić information content (AvgIpc) is 2.79. The van der Waals surface area contributed by atoms with Crippen LogP contribution in [0.4, 0.5) is 0 Å². The molecule has 0 N–H and O–H groups in total. The molecular formula is C18H19NO. The average molecular weight is 265 g/mol. The molecule has 0 atom stereocenters. The maximum absolute atomic E-state index is 5.80. The first-order valence-corrected chi connectivity index (χ1v) is 6.94. The Bertz CT molecular complexity index is 671. The van der Waals surface area contributed by atoms with Crippen molar-refractivity contribution in [1.29, 1.82) is 0 Å². The Hall–Kier alpha value is -2.09. The molecule has 102 valence electrons. The number of benzene rings is 2. The van der Waals surface area contributed by atoms with Crippen molar-refractivity contribution < 1.29 is 4.74 Å². The molecule has 20 heavy (non-hydrogen) atoms.